The molecule has 1 N–H and O–H groups in total. The van der Waals surface area contributed by atoms with Crippen LogP contribution in [0.25, 0.3) is 0 Å². The van der Waals surface area contributed by atoms with Crippen LogP contribution in [0, 0.1) is 0 Å². The van der Waals surface area contributed by atoms with Crippen molar-refractivity contribution in [3.63, 3.8) is 0 Å². The molecular weight excluding hydrogens is 226 g/mol. The van der Waals surface area contributed by atoms with Gasteiger partial charge in [-0.05, 0) is 43.2 Å². The summed E-state index contributed by atoms with van der Waals surface area (Å²) < 4.78 is 11.6. The average molecular weight is 245 g/mol. The topological polar surface area (TPSA) is 29.1 Å². The van der Waals surface area contributed by atoms with Crippen molar-refractivity contribution >= 4 is 22.1 Å². The van der Waals surface area contributed by atoms with Gasteiger partial charge in [0.25, 0.3) is 0 Å². The van der Waals surface area contributed by atoms with Gasteiger partial charge in [-0.25, -0.2) is 0 Å². The molecule has 0 amide bonds. The van der Waals surface area contributed by atoms with Gasteiger partial charge in [0.1, 0.15) is 0 Å². The molecule has 0 spiro atoms. The quantitative estimate of drug-likeness (QED) is 0.807. The molecule has 1 aromatic heterocycles. The number of rotatable bonds is 5. The fourth-order valence-corrected chi connectivity index (χ4v) is 2.71. The van der Waals surface area contributed by atoms with Crippen LogP contribution >= 0.6 is 11.3 Å². The van der Waals surface area contributed by atoms with Crippen molar-refractivity contribution in [1.29, 1.82) is 0 Å². The molecule has 0 aliphatic heterocycles. The van der Waals surface area contributed by atoms with Crippen LogP contribution in [0.3, 0.4) is 0 Å². The van der Waals surface area contributed by atoms with E-state index in [2.05, 4.69) is 22.1 Å². The minimum absolute atomic E-state index is 0.0932. The molecule has 0 saturated heterocycles. The Hall–Kier alpha value is -0.190. The molecule has 0 aliphatic rings. The second-order valence-corrected chi connectivity index (χ2v) is 7.57. The molecule has 1 heterocycles. The first-order valence-corrected chi connectivity index (χ1v) is 7.36. The lowest BCUT2D eigenvalue weighted by Crippen LogP contribution is -2.29. The van der Waals surface area contributed by atoms with Crippen molar-refractivity contribution in [1.82, 2.24) is 5.32 Å². The van der Waals surface area contributed by atoms with Gasteiger partial charge in [-0.3, -0.25) is 4.21 Å². The van der Waals surface area contributed by atoms with E-state index in [9.17, 15) is 4.21 Å². The van der Waals surface area contributed by atoms with Crippen LogP contribution in [0.2, 0.25) is 0 Å². The highest BCUT2D eigenvalue weighted by Crippen LogP contribution is 2.10. The maximum atomic E-state index is 11.7. The first kappa shape index (κ1) is 12.9. The third-order valence-corrected chi connectivity index (χ3v) is 4.73. The Morgan fingerprint density at radius 3 is 2.73 bits per heavy atom. The summed E-state index contributed by atoms with van der Waals surface area (Å²) in [5, 5.41) is 7.51. The predicted octanol–water partition coefficient (Wildman–Crippen LogP) is 2.38. The maximum Gasteiger partial charge on any atom is 0.0375 e. The van der Waals surface area contributed by atoms with Crippen LogP contribution in [0.4, 0.5) is 0 Å². The first-order chi connectivity index (χ1) is 7.00. The standard InChI is InChI=1S/C11H19NOS2/c1-11(2,3)15(13)7-5-12-8-10-4-6-14-9-10/h4,6,9,12H,5,7-8H2,1-3H3. The highest BCUT2D eigenvalue weighted by atomic mass is 32.2. The van der Waals surface area contributed by atoms with Gasteiger partial charge in [0.15, 0.2) is 0 Å². The molecular formula is C11H19NOS2. The van der Waals surface area contributed by atoms with Crippen molar-refractivity contribution in [2.45, 2.75) is 32.1 Å². The van der Waals surface area contributed by atoms with E-state index in [1.165, 1.54) is 5.56 Å². The molecule has 15 heavy (non-hydrogen) atoms. The van der Waals surface area contributed by atoms with Crippen molar-refractivity contribution in [2.75, 3.05) is 12.3 Å². The van der Waals surface area contributed by atoms with Crippen LogP contribution < -0.4 is 5.32 Å². The summed E-state index contributed by atoms with van der Waals surface area (Å²) in [5.41, 5.74) is 1.31. The third kappa shape index (κ3) is 4.91. The lowest BCUT2D eigenvalue weighted by molar-refractivity contribution is 0.641. The van der Waals surface area contributed by atoms with Gasteiger partial charge in [-0.2, -0.15) is 11.3 Å². The molecule has 1 aromatic rings. The minimum atomic E-state index is -0.745. The monoisotopic (exact) mass is 245 g/mol. The molecule has 1 unspecified atom stereocenters. The largest absolute Gasteiger partial charge is 0.312 e. The van der Waals surface area contributed by atoms with E-state index in [0.29, 0.717) is 0 Å². The van der Waals surface area contributed by atoms with E-state index in [1.807, 2.05) is 20.8 Å². The summed E-state index contributed by atoms with van der Waals surface area (Å²) in [7, 11) is -0.745. The van der Waals surface area contributed by atoms with Crippen LogP contribution in [0.15, 0.2) is 16.8 Å². The highest BCUT2D eigenvalue weighted by Gasteiger charge is 2.18. The molecule has 0 aromatic carbocycles. The van der Waals surface area contributed by atoms with Crippen molar-refractivity contribution in [3.8, 4) is 0 Å². The third-order valence-electron chi connectivity index (χ3n) is 2.06. The zero-order valence-electron chi connectivity index (χ0n) is 9.58. The molecule has 0 bridgehead atoms. The Bertz CT molecular complexity index is 301. The number of hydrogen-bond donors (Lipinski definition) is 1. The summed E-state index contributed by atoms with van der Waals surface area (Å²) in [6.45, 7) is 7.75. The van der Waals surface area contributed by atoms with Gasteiger partial charge in [-0.1, -0.05) is 0 Å². The molecule has 86 valence electrons. The summed E-state index contributed by atoms with van der Waals surface area (Å²) in [6, 6.07) is 2.11. The van der Waals surface area contributed by atoms with E-state index in [0.717, 1.165) is 18.8 Å². The summed E-state index contributed by atoms with van der Waals surface area (Å²) in [5.74, 6) is 0.730. The Morgan fingerprint density at radius 1 is 1.47 bits per heavy atom. The number of thiophene rings is 1. The van der Waals surface area contributed by atoms with Gasteiger partial charge < -0.3 is 5.32 Å². The fourth-order valence-electron chi connectivity index (χ4n) is 1.10. The Morgan fingerprint density at radius 2 is 2.20 bits per heavy atom. The van der Waals surface area contributed by atoms with Gasteiger partial charge in [0.05, 0.1) is 0 Å². The van der Waals surface area contributed by atoms with E-state index >= 15 is 0 Å². The lowest BCUT2D eigenvalue weighted by Gasteiger charge is -2.17. The highest BCUT2D eigenvalue weighted by molar-refractivity contribution is 7.86. The molecule has 0 saturated carbocycles. The molecule has 2 nitrogen and oxygen atoms in total. The van der Waals surface area contributed by atoms with Crippen molar-refractivity contribution < 1.29 is 4.21 Å². The predicted molar refractivity (Wildman–Crippen MR) is 68.8 cm³/mol. The van der Waals surface area contributed by atoms with Crippen LogP contribution in [-0.2, 0) is 17.3 Å². The molecule has 1 rings (SSSR count). The smallest absolute Gasteiger partial charge is 0.0375 e. The zero-order valence-corrected chi connectivity index (χ0v) is 11.2. The van der Waals surface area contributed by atoms with Crippen molar-refractivity contribution in [2.24, 2.45) is 0 Å². The van der Waals surface area contributed by atoms with Crippen molar-refractivity contribution in [3.05, 3.63) is 22.4 Å². The second-order valence-electron chi connectivity index (χ2n) is 4.47. The molecule has 0 aliphatic carbocycles. The summed E-state index contributed by atoms with van der Waals surface area (Å²) in [6.07, 6.45) is 0. The van der Waals surface area contributed by atoms with Gasteiger partial charge in [-0.15, -0.1) is 0 Å². The normalized spacial score (nSPS) is 14.1. The fraction of sp³-hybridized carbons (Fsp3) is 0.636. The maximum absolute atomic E-state index is 11.7. The first-order valence-electron chi connectivity index (χ1n) is 5.10. The zero-order chi connectivity index (χ0) is 11.3. The van der Waals surface area contributed by atoms with Crippen LogP contribution in [-0.4, -0.2) is 21.3 Å². The Kier molecular flexibility index (Phi) is 4.96. The lowest BCUT2D eigenvalue weighted by atomic mass is 10.3. The average Bonchev–Trinajstić information content (AvgIpc) is 2.63. The van der Waals surface area contributed by atoms with E-state index in [-0.39, 0.29) is 4.75 Å². The number of hydrogen-bond acceptors (Lipinski definition) is 3. The van der Waals surface area contributed by atoms with E-state index in [4.69, 9.17) is 0 Å². The van der Waals surface area contributed by atoms with Gasteiger partial charge in [0.2, 0.25) is 0 Å². The Balaban J connectivity index is 2.15. The minimum Gasteiger partial charge on any atom is -0.312 e. The van der Waals surface area contributed by atoms with E-state index in [1.54, 1.807) is 11.3 Å². The second kappa shape index (κ2) is 5.77. The molecule has 0 fully saturated rings. The summed E-state index contributed by atoms with van der Waals surface area (Å²) >= 11 is 1.71. The van der Waals surface area contributed by atoms with Crippen LogP contribution in [0.5, 0.6) is 0 Å². The SMILES string of the molecule is CC(C)(C)S(=O)CCNCc1ccsc1. The van der Waals surface area contributed by atoms with E-state index < -0.39 is 10.8 Å². The molecule has 1 atom stereocenters. The van der Waals surface area contributed by atoms with Crippen LogP contribution in [0.1, 0.15) is 26.3 Å². The molecule has 4 heteroatoms. The number of nitrogens with one attached hydrogen (secondary N) is 1. The molecule has 0 radical (unpaired) electrons. The Labute approximate surface area is 98.6 Å². The summed E-state index contributed by atoms with van der Waals surface area (Å²) in [4.78, 5) is 0. The van der Waals surface area contributed by atoms with Gasteiger partial charge in [0, 0.05) is 34.4 Å². The van der Waals surface area contributed by atoms with Gasteiger partial charge >= 0.3 is 0 Å².